The maximum absolute atomic E-state index is 12.2. The van der Waals surface area contributed by atoms with E-state index in [4.69, 9.17) is 9.05 Å². The number of fused-ring (bicyclic) bond motifs is 2. The summed E-state index contributed by atoms with van der Waals surface area (Å²) in [6.07, 6.45) is 3.61. The Hall–Kier alpha value is 0.110. The van der Waals surface area contributed by atoms with Crippen LogP contribution in [0.5, 0.6) is 0 Å². The molecule has 0 heterocycles. The molecule has 0 amide bonds. The van der Waals surface area contributed by atoms with Crippen molar-refractivity contribution in [1.82, 2.24) is 0 Å². The van der Waals surface area contributed by atoms with Gasteiger partial charge in [-0.1, -0.05) is 0 Å². The van der Waals surface area contributed by atoms with Crippen LogP contribution in [0.3, 0.4) is 0 Å². The van der Waals surface area contributed by atoms with Crippen molar-refractivity contribution in [3.63, 3.8) is 0 Å². The first-order chi connectivity index (χ1) is 6.55. The Morgan fingerprint density at radius 3 is 2.36 bits per heavy atom. The molecule has 2 fully saturated rings. The molecular weight excluding hydrogens is 203 g/mol. The standard InChI is InChI=1S/C9H17O4P/c1-12-14(11,13-2)9(10)6-7-3-4-8(9)5-7/h7-8,10H,3-6H2,1-2H3/t7-,8+,9+/m0/s1. The Morgan fingerprint density at radius 1 is 1.36 bits per heavy atom. The van der Waals surface area contributed by atoms with Gasteiger partial charge in [-0.2, -0.15) is 0 Å². The molecule has 2 aliphatic rings. The maximum Gasteiger partial charge on any atom is 0.361 e. The van der Waals surface area contributed by atoms with Crippen molar-refractivity contribution in [2.45, 2.75) is 31.0 Å². The molecule has 2 saturated carbocycles. The van der Waals surface area contributed by atoms with E-state index in [1.54, 1.807) is 0 Å². The largest absolute Gasteiger partial charge is 0.377 e. The smallest absolute Gasteiger partial charge is 0.361 e. The monoisotopic (exact) mass is 220 g/mol. The lowest BCUT2D eigenvalue weighted by molar-refractivity contribution is 0.0310. The van der Waals surface area contributed by atoms with E-state index >= 15 is 0 Å². The van der Waals surface area contributed by atoms with E-state index in [0.29, 0.717) is 12.3 Å². The number of rotatable bonds is 3. The van der Waals surface area contributed by atoms with Crippen LogP contribution in [0, 0.1) is 11.8 Å². The zero-order valence-electron chi connectivity index (χ0n) is 8.60. The average molecular weight is 220 g/mol. The van der Waals surface area contributed by atoms with Gasteiger partial charge in [0.1, 0.15) is 0 Å². The molecule has 14 heavy (non-hydrogen) atoms. The van der Waals surface area contributed by atoms with Crippen LogP contribution in [0.1, 0.15) is 25.7 Å². The van der Waals surface area contributed by atoms with Crippen LogP contribution < -0.4 is 0 Å². The van der Waals surface area contributed by atoms with Crippen LogP contribution in [0.4, 0.5) is 0 Å². The lowest BCUT2D eigenvalue weighted by atomic mass is 9.97. The van der Waals surface area contributed by atoms with Gasteiger partial charge in [-0.15, -0.1) is 0 Å². The molecule has 3 atom stereocenters. The van der Waals surface area contributed by atoms with Gasteiger partial charge in [-0.25, -0.2) is 0 Å². The fraction of sp³-hybridized carbons (Fsp3) is 1.00. The highest BCUT2D eigenvalue weighted by Crippen LogP contribution is 2.70. The lowest BCUT2D eigenvalue weighted by Gasteiger charge is -2.36. The first kappa shape index (κ1) is 10.6. The van der Waals surface area contributed by atoms with Crippen LogP contribution >= 0.6 is 7.60 Å². The molecule has 0 aliphatic heterocycles. The summed E-state index contributed by atoms with van der Waals surface area (Å²) < 4.78 is 22.0. The minimum Gasteiger partial charge on any atom is -0.377 e. The third kappa shape index (κ3) is 1.21. The van der Waals surface area contributed by atoms with Gasteiger partial charge in [0, 0.05) is 14.2 Å². The van der Waals surface area contributed by atoms with E-state index in [0.717, 1.165) is 19.3 Å². The molecule has 0 aromatic carbocycles. The normalized spacial score (nSPS) is 41.9. The van der Waals surface area contributed by atoms with Gasteiger partial charge in [0.25, 0.3) is 0 Å². The molecule has 2 bridgehead atoms. The first-order valence-corrected chi connectivity index (χ1v) is 6.54. The molecule has 2 aliphatic carbocycles. The highest BCUT2D eigenvalue weighted by molar-refractivity contribution is 7.55. The van der Waals surface area contributed by atoms with Gasteiger partial charge < -0.3 is 14.2 Å². The summed E-state index contributed by atoms with van der Waals surface area (Å²) in [7, 11) is -0.644. The SMILES string of the molecule is COP(=O)(OC)[C@]1(O)C[C@H]2CC[C@@H]1C2. The molecule has 0 spiro atoms. The van der Waals surface area contributed by atoms with Crippen molar-refractivity contribution in [1.29, 1.82) is 0 Å². The van der Waals surface area contributed by atoms with Crippen molar-refractivity contribution in [3.8, 4) is 0 Å². The Balaban J connectivity index is 2.28. The molecule has 5 heteroatoms. The fourth-order valence-electron chi connectivity index (χ4n) is 3.00. The zero-order valence-corrected chi connectivity index (χ0v) is 9.50. The summed E-state index contributed by atoms with van der Waals surface area (Å²) in [6.45, 7) is 0. The maximum atomic E-state index is 12.2. The van der Waals surface area contributed by atoms with Crippen molar-refractivity contribution in [3.05, 3.63) is 0 Å². The second-order valence-corrected chi connectivity index (χ2v) is 6.82. The van der Waals surface area contributed by atoms with Gasteiger partial charge >= 0.3 is 7.60 Å². The lowest BCUT2D eigenvalue weighted by Crippen LogP contribution is -2.35. The van der Waals surface area contributed by atoms with Gasteiger partial charge in [0.2, 0.25) is 0 Å². The zero-order chi connectivity index (χ0) is 10.4. The average Bonchev–Trinajstić information content (AvgIpc) is 2.76. The predicted molar refractivity (Wildman–Crippen MR) is 52.0 cm³/mol. The van der Waals surface area contributed by atoms with Gasteiger partial charge in [-0.05, 0) is 37.5 Å². The number of hydrogen-bond donors (Lipinski definition) is 1. The van der Waals surface area contributed by atoms with Crippen LogP contribution in [0.25, 0.3) is 0 Å². The van der Waals surface area contributed by atoms with Gasteiger partial charge in [-0.3, -0.25) is 4.57 Å². The third-order valence-corrected chi connectivity index (χ3v) is 6.20. The third-order valence-electron chi connectivity index (χ3n) is 3.74. The second kappa shape index (κ2) is 3.31. The molecule has 1 N–H and O–H groups in total. The Morgan fingerprint density at radius 2 is 2.00 bits per heavy atom. The quantitative estimate of drug-likeness (QED) is 0.739. The molecule has 2 rings (SSSR count). The number of hydrogen-bond acceptors (Lipinski definition) is 4. The minimum absolute atomic E-state index is 0.0956. The van der Waals surface area contributed by atoms with Gasteiger partial charge in [0.05, 0.1) is 0 Å². The van der Waals surface area contributed by atoms with Crippen LogP contribution in [-0.4, -0.2) is 24.7 Å². The predicted octanol–water partition coefficient (Wildman–Crippen LogP) is 1.98. The van der Waals surface area contributed by atoms with E-state index in [9.17, 15) is 9.67 Å². The molecular formula is C9H17O4P. The highest BCUT2D eigenvalue weighted by Gasteiger charge is 2.61. The topological polar surface area (TPSA) is 55.8 Å². The highest BCUT2D eigenvalue weighted by atomic mass is 31.2. The molecule has 0 saturated heterocycles. The van der Waals surface area contributed by atoms with Crippen molar-refractivity contribution in [2.24, 2.45) is 11.8 Å². The molecule has 4 nitrogen and oxygen atoms in total. The van der Waals surface area contributed by atoms with Crippen molar-refractivity contribution >= 4 is 7.60 Å². The fourth-order valence-corrected chi connectivity index (χ4v) is 4.94. The van der Waals surface area contributed by atoms with Crippen LogP contribution in [0.2, 0.25) is 0 Å². The Bertz CT molecular complexity index is 272. The van der Waals surface area contributed by atoms with Crippen LogP contribution in [-0.2, 0) is 13.6 Å². The summed E-state index contributed by atoms with van der Waals surface area (Å²) in [5.74, 6) is 0.599. The molecule has 0 aromatic rings. The molecule has 0 radical (unpaired) electrons. The number of aliphatic hydroxyl groups is 1. The summed E-state index contributed by atoms with van der Waals surface area (Å²) in [6, 6.07) is 0. The molecule has 0 aromatic heterocycles. The Kier molecular flexibility index (Phi) is 2.51. The van der Waals surface area contributed by atoms with E-state index < -0.39 is 12.9 Å². The summed E-state index contributed by atoms with van der Waals surface area (Å²) >= 11 is 0. The molecule has 0 unspecified atom stereocenters. The second-order valence-electron chi connectivity index (χ2n) is 4.32. The van der Waals surface area contributed by atoms with Crippen LogP contribution in [0.15, 0.2) is 0 Å². The molecule has 82 valence electrons. The van der Waals surface area contributed by atoms with Crippen molar-refractivity contribution < 1.29 is 18.7 Å². The summed E-state index contributed by atoms with van der Waals surface area (Å²) in [5.41, 5.74) is 0. The van der Waals surface area contributed by atoms with Gasteiger partial charge in [0.15, 0.2) is 5.34 Å². The van der Waals surface area contributed by atoms with E-state index in [1.165, 1.54) is 14.2 Å². The summed E-state index contributed by atoms with van der Waals surface area (Å²) in [4.78, 5) is 0. The summed E-state index contributed by atoms with van der Waals surface area (Å²) in [5, 5.41) is 9.16. The van der Waals surface area contributed by atoms with E-state index in [2.05, 4.69) is 0 Å². The first-order valence-electron chi connectivity index (χ1n) is 4.99. The van der Waals surface area contributed by atoms with E-state index in [1.807, 2.05) is 0 Å². The van der Waals surface area contributed by atoms with E-state index in [-0.39, 0.29) is 5.92 Å². The Labute approximate surface area is 84.1 Å². The van der Waals surface area contributed by atoms with Crippen molar-refractivity contribution in [2.75, 3.05) is 14.2 Å². The minimum atomic E-state index is -3.33.